The lowest BCUT2D eigenvalue weighted by atomic mass is 9.94. The van der Waals surface area contributed by atoms with Gasteiger partial charge in [-0.25, -0.2) is 0 Å². The van der Waals surface area contributed by atoms with Crippen molar-refractivity contribution in [1.82, 2.24) is 9.88 Å². The number of rotatable bonds is 10. The molecule has 6 nitrogen and oxygen atoms in total. The summed E-state index contributed by atoms with van der Waals surface area (Å²) < 4.78 is 22.6. The Morgan fingerprint density at radius 3 is 2.62 bits per heavy atom. The van der Waals surface area contributed by atoms with Crippen molar-refractivity contribution in [2.45, 2.75) is 32.6 Å². The standard InChI is InChI=1S/C23H34N2O4/c1-5-17(2)22-20(29-15-11-25-9-13-28-14-10-25)7-6-19-21(27-4)16-18(8-12-26-3)24-23(19)22/h6-7,16-17H,5,8-15H2,1-4H3. The van der Waals surface area contributed by atoms with Gasteiger partial charge in [0.25, 0.3) is 0 Å². The van der Waals surface area contributed by atoms with Crippen molar-refractivity contribution in [2.24, 2.45) is 0 Å². The number of aromatic nitrogens is 1. The van der Waals surface area contributed by atoms with E-state index in [9.17, 15) is 0 Å². The van der Waals surface area contributed by atoms with Crippen molar-refractivity contribution >= 4 is 10.9 Å². The molecule has 6 heteroatoms. The molecule has 0 N–H and O–H groups in total. The number of pyridine rings is 1. The first kappa shape index (κ1) is 21.8. The summed E-state index contributed by atoms with van der Waals surface area (Å²) >= 11 is 0. The molecule has 1 unspecified atom stereocenters. The van der Waals surface area contributed by atoms with E-state index in [1.807, 2.05) is 6.07 Å². The molecule has 160 valence electrons. The van der Waals surface area contributed by atoms with E-state index in [0.717, 1.165) is 73.8 Å². The van der Waals surface area contributed by atoms with E-state index < -0.39 is 0 Å². The molecule has 1 aromatic carbocycles. The Morgan fingerprint density at radius 1 is 1.14 bits per heavy atom. The van der Waals surface area contributed by atoms with Gasteiger partial charge in [0.15, 0.2) is 0 Å². The van der Waals surface area contributed by atoms with Gasteiger partial charge in [-0.15, -0.1) is 0 Å². The van der Waals surface area contributed by atoms with Crippen molar-refractivity contribution in [3.63, 3.8) is 0 Å². The zero-order valence-electron chi connectivity index (χ0n) is 18.2. The summed E-state index contributed by atoms with van der Waals surface area (Å²) in [4.78, 5) is 7.37. The smallest absolute Gasteiger partial charge is 0.130 e. The minimum atomic E-state index is 0.340. The van der Waals surface area contributed by atoms with Crippen LogP contribution in [-0.2, 0) is 15.9 Å². The van der Waals surface area contributed by atoms with Gasteiger partial charge < -0.3 is 18.9 Å². The number of ether oxygens (including phenoxy) is 4. The van der Waals surface area contributed by atoms with Crippen molar-refractivity contribution in [2.75, 3.05) is 60.3 Å². The van der Waals surface area contributed by atoms with Crippen LogP contribution in [0.15, 0.2) is 18.2 Å². The second kappa shape index (κ2) is 10.8. The molecule has 0 bridgehead atoms. The SMILES string of the molecule is CCC(C)c1c(OCCN2CCOCC2)ccc2c(OC)cc(CCOC)nc12. The quantitative estimate of drug-likeness (QED) is 0.605. The van der Waals surface area contributed by atoms with Crippen LogP contribution in [0.5, 0.6) is 11.5 Å². The fourth-order valence-corrected chi connectivity index (χ4v) is 3.73. The average molecular weight is 403 g/mol. The summed E-state index contributed by atoms with van der Waals surface area (Å²) in [6.07, 6.45) is 1.77. The van der Waals surface area contributed by atoms with E-state index in [1.165, 1.54) is 5.56 Å². The maximum Gasteiger partial charge on any atom is 0.130 e. The van der Waals surface area contributed by atoms with Crippen LogP contribution in [0, 0.1) is 0 Å². The maximum absolute atomic E-state index is 6.28. The first-order valence-corrected chi connectivity index (χ1v) is 10.6. The average Bonchev–Trinajstić information content (AvgIpc) is 2.77. The predicted octanol–water partition coefficient (Wildman–Crippen LogP) is 3.66. The number of hydrogen-bond donors (Lipinski definition) is 0. The fourth-order valence-electron chi connectivity index (χ4n) is 3.73. The van der Waals surface area contributed by atoms with Crippen LogP contribution in [0.1, 0.15) is 37.4 Å². The van der Waals surface area contributed by atoms with Gasteiger partial charge in [0.2, 0.25) is 0 Å². The molecule has 1 aliphatic heterocycles. The van der Waals surface area contributed by atoms with Crippen LogP contribution in [0.3, 0.4) is 0 Å². The van der Waals surface area contributed by atoms with Crippen LogP contribution in [0.2, 0.25) is 0 Å². The Kier molecular flexibility index (Phi) is 8.09. The first-order valence-electron chi connectivity index (χ1n) is 10.6. The lowest BCUT2D eigenvalue weighted by Gasteiger charge is -2.27. The summed E-state index contributed by atoms with van der Waals surface area (Å²) in [7, 11) is 3.42. The van der Waals surface area contributed by atoms with E-state index in [-0.39, 0.29) is 0 Å². The van der Waals surface area contributed by atoms with Gasteiger partial charge in [-0.05, 0) is 24.5 Å². The van der Waals surface area contributed by atoms with Gasteiger partial charge in [-0.2, -0.15) is 0 Å². The zero-order chi connectivity index (χ0) is 20.6. The second-order valence-corrected chi connectivity index (χ2v) is 7.54. The molecule has 0 aliphatic carbocycles. The molecule has 1 aromatic heterocycles. The molecule has 0 amide bonds. The van der Waals surface area contributed by atoms with Gasteiger partial charge in [-0.1, -0.05) is 13.8 Å². The van der Waals surface area contributed by atoms with Crippen molar-refractivity contribution in [1.29, 1.82) is 0 Å². The van der Waals surface area contributed by atoms with E-state index in [2.05, 4.69) is 30.9 Å². The number of nitrogens with zero attached hydrogens (tertiary/aromatic N) is 2. The maximum atomic E-state index is 6.28. The minimum absolute atomic E-state index is 0.340. The minimum Gasteiger partial charge on any atom is -0.496 e. The molecule has 2 aromatic rings. The van der Waals surface area contributed by atoms with Gasteiger partial charge >= 0.3 is 0 Å². The highest BCUT2D eigenvalue weighted by Crippen LogP contribution is 2.38. The van der Waals surface area contributed by atoms with Gasteiger partial charge in [0.05, 0.1) is 32.4 Å². The predicted molar refractivity (Wildman–Crippen MR) is 115 cm³/mol. The van der Waals surface area contributed by atoms with E-state index in [0.29, 0.717) is 19.1 Å². The molecule has 1 atom stereocenters. The molecule has 1 saturated heterocycles. The Balaban J connectivity index is 1.91. The Hall–Kier alpha value is -1.89. The first-order chi connectivity index (χ1) is 14.2. The highest BCUT2D eigenvalue weighted by Gasteiger charge is 2.19. The summed E-state index contributed by atoms with van der Waals surface area (Å²) in [5.41, 5.74) is 3.13. The number of benzene rings is 1. The van der Waals surface area contributed by atoms with Crippen LogP contribution < -0.4 is 9.47 Å². The van der Waals surface area contributed by atoms with E-state index >= 15 is 0 Å². The summed E-state index contributed by atoms with van der Waals surface area (Å²) in [5, 5.41) is 1.03. The van der Waals surface area contributed by atoms with E-state index in [4.69, 9.17) is 23.9 Å². The summed E-state index contributed by atoms with van der Waals surface area (Å²) in [6, 6.07) is 6.15. The molecule has 2 heterocycles. The molecule has 1 aliphatic rings. The van der Waals surface area contributed by atoms with Gasteiger partial charge in [-0.3, -0.25) is 9.88 Å². The highest BCUT2D eigenvalue weighted by molar-refractivity contribution is 5.90. The zero-order valence-corrected chi connectivity index (χ0v) is 18.2. The largest absolute Gasteiger partial charge is 0.496 e. The van der Waals surface area contributed by atoms with Crippen molar-refractivity contribution in [3.05, 3.63) is 29.5 Å². The highest BCUT2D eigenvalue weighted by atomic mass is 16.5. The number of morpholine rings is 1. The normalized spacial score (nSPS) is 16.1. The van der Waals surface area contributed by atoms with Gasteiger partial charge in [0, 0.05) is 55.9 Å². The molecule has 1 fully saturated rings. The molecule has 29 heavy (non-hydrogen) atoms. The van der Waals surface area contributed by atoms with E-state index in [1.54, 1.807) is 14.2 Å². The van der Waals surface area contributed by atoms with Crippen LogP contribution >= 0.6 is 0 Å². The van der Waals surface area contributed by atoms with Crippen molar-refractivity contribution in [3.8, 4) is 11.5 Å². The Labute approximate surface area is 174 Å². The van der Waals surface area contributed by atoms with Crippen LogP contribution in [0.4, 0.5) is 0 Å². The number of hydrogen-bond acceptors (Lipinski definition) is 6. The topological polar surface area (TPSA) is 53.1 Å². The number of fused-ring (bicyclic) bond motifs is 1. The molecule has 0 saturated carbocycles. The second-order valence-electron chi connectivity index (χ2n) is 7.54. The third kappa shape index (κ3) is 5.38. The monoisotopic (exact) mass is 402 g/mol. The van der Waals surface area contributed by atoms with Crippen LogP contribution in [-0.4, -0.2) is 70.2 Å². The van der Waals surface area contributed by atoms with Gasteiger partial charge in [0.1, 0.15) is 18.1 Å². The third-order valence-electron chi connectivity index (χ3n) is 5.65. The molecule has 0 spiro atoms. The molecular weight excluding hydrogens is 368 g/mol. The Morgan fingerprint density at radius 2 is 1.93 bits per heavy atom. The molecule has 0 radical (unpaired) electrons. The molecular formula is C23H34N2O4. The molecule has 3 rings (SSSR count). The van der Waals surface area contributed by atoms with Crippen LogP contribution in [0.25, 0.3) is 10.9 Å². The summed E-state index contributed by atoms with van der Waals surface area (Å²) in [5.74, 6) is 2.12. The Bertz CT molecular complexity index is 790. The lowest BCUT2D eigenvalue weighted by molar-refractivity contribution is 0.0322. The fraction of sp³-hybridized carbons (Fsp3) is 0.609. The summed E-state index contributed by atoms with van der Waals surface area (Å²) in [6.45, 7) is 10.2. The number of methoxy groups -OCH3 is 2. The third-order valence-corrected chi connectivity index (χ3v) is 5.65. The lowest BCUT2D eigenvalue weighted by Crippen LogP contribution is -2.38. The van der Waals surface area contributed by atoms with Crippen molar-refractivity contribution < 1.29 is 18.9 Å².